The number of nitrogens with zero attached hydrogens (tertiary/aromatic N) is 3. The third-order valence-corrected chi connectivity index (χ3v) is 2.49. The van der Waals surface area contributed by atoms with Crippen LogP contribution in [0.1, 0.15) is 5.56 Å². The van der Waals surface area contributed by atoms with Crippen LogP contribution in [0.4, 0.5) is 15.8 Å². The largest absolute Gasteiger partial charge is 0.343 e. The van der Waals surface area contributed by atoms with E-state index in [1.807, 2.05) is 19.2 Å². The summed E-state index contributed by atoms with van der Waals surface area (Å²) in [5, 5.41) is 8.65. The molecule has 1 aromatic heterocycles. The Hall–Kier alpha value is -2.41. The number of nitriles is 1. The van der Waals surface area contributed by atoms with Crippen LogP contribution < -0.4 is 4.90 Å². The lowest BCUT2D eigenvalue weighted by Crippen LogP contribution is -2.09. The van der Waals surface area contributed by atoms with Gasteiger partial charge in [-0.1, -0.05) is 0 Å². The minimum absolute atomic E-state index is 0.0494. The van der Waals surface area contributed by atoms with Crippen molar-refractivity contribution in [3.05, 3.63) is 54.1 Å². The van der Waals surface area contributed by atoms with Crippen LogP contribution >= 0.6 is 0 Å². The number of pyridine rings is 1. The van der Waals surface area contributed by atoms with Crippen molar-refractivity contribution in [2.45, 2.75) is 0 Å². The predicted molar refractivity (Wildman–Crippen MR) is 63.4 cm³/mol. The molecule has 3 nitrogen and oxygen atoms in total. The molecule has 2 aromatic rings. The summed E-state index contributed by atoms with van der Waals surface area (Å²) >= 11 is 0. The van der Waals surface area contributed by atoms with Gasteiger partial charge in [-0.25, -0.2) is 4.39 Å². The molecule has 0 aliphatic carbocycles. The molecule has 0 radical (unpaired) electrons. The second kappa shape index (κ2) is 4.62. The van der Waals surface area contributed by atoms with Crippen molar-refractivity contribution in [2.24, 2.45) is 0 Å². The number of aromatic nitrogens is 1. The van der Waals surface area contributed by atoms with Crippen LogP contribution in [0.5, 0.6) is 0 Å². The minimum Gasteiger partial charge on any atom is -0.343 e. The van der Waals surface area contributed by atoms with Crippen LogP contribution in [0.25, 0.3) is 0 Å². The Labute approximate surface area is 98.8 Å². The van der Waals surface area contributed by atoms with E-state index in [1.54, 1.807) is 29.4 Å². The first-order valence-corrected chi connectivity index (χ1v) is 5.06. The summed E-state index contributed by atoms with van der Waals surface area (Å²) in [5.41, 5.74) is 1.58. The highest BCUT2D eigenvalue weighted by Gasteiger charge is 2.07. The number of rotatable bonds is 2. The zero-order valence-corrected chi connectivity index (χ0v) is 9.26. The minimum atomic E-state index is -0.513. The van der Waals surface area contributed by atoms with Crippen molar-refractivity contribution in [1.29, 1.82) is 5.26 Å². The molecule has 0 amide bonds. The Morgan fingerprint density at radius 1 is 1.29 bits per heavy atom. The fourth-order valence-corrected chi connectivity index (χ4v) is 1.50. The number of hydrogen-bond acceptors (Lipinski definition) is 3. The van der Waals surface area contributed by atoms with E-state index >= 15 is 0 Å². The standard InChI is InChI=1S/C13H10FN3/c1-17(12-3-2-6-16-9-12)11-5-4-10(8-15)13(14)7-11/h2-7,9H,1H3. The van der Waals surface area contributed by atoms with Crippen molar-refractivity contribution >= 4 is 11.4 Å². The van der Waals surface area contributed by atoms with E-state index in [1.165, 1.54) is 12.1 Å². The first-order chi connectivity index (χ1) is 8.22. The summed E-state index contributed by atoms with van der Waals surface area (Å²) in [7, 11) is 1.82. The van der Waals surface area contributed by atoms with E-state index in [0.717, 1.165) is 5.69 Å². The highest BCUT2D eigenvalue weighted by Crippen LogP contribution is 2.24. The molecule has 0 N–H and O–H groups in total. The topological polar surface area (TPSA) is 39.9 Å². The van der Waals surface area contributed by atoms with Gasteiger partial charge in [0.15, 0.2) is 0 Å². The van der Waals surface area contributed by atoms with Gasteiger partial charge in [0.1, 0.15) is 11.9 Å². The summed E-state index contributed by atoms with van der Waals surface area (Å²) in [5.74, 6) is -0.513. The average molecular weight is 227 g/mol. The van der Waals surface area contributed by atoms with Crippen molar-refractivity contribution < 1.29 is 4.39 Å². The quantitative estimate of drug-likeness (QED) is 0.792. The first kappa shape index (κ1) is 11.1. The van der Waals surface area contributed by atoms with E-state index in [2.05, 4.69) is 4.98 Å². The second-order valence-corrected chi connectivity index (χ2v) is 3.55. The summed E-state index contributed by atoms with van der Waals surface area (Å²) < 4.78 is 13.5. The molecule has 0 aliphatic rings. The van der Waals surface area contributed by atoms with Crippen LogP contribution in [-0.2, 0) is 0 Å². The smallest absolute Gasteiger partial charge is 0.143 e. The van der Waals surface area contributed by atoms with E-state index in [4.69, 9.17) is 5.26 Å². The van der Waals surface area contributed by atoms with Gasteiger partial charge in [0.05, 0.1) is 17.4 Å². The van der Waals surface area contributed by atoms with Gasteiger partial charge in [0, 0.05) is 18.9 Å². The number of anilines is 2. The maximum Gasteiger partial charge on any atom is 0.143 e. The molecule has 0 unspecified atom stereocenters. The number of halogens is 1. The average Bonchev–Trinajstić information content (AvgIpc) is 2.39. The van der Waals surface area contributed by atoms with Gasteiger partial charge in [0.2, 0.25) is 0 Å². The Balaban J connectivity index is 2.36. The predicted octanol–water partition coefficient (Wildman–Crippen LogP) is 2.86. The Kier molecular flexibility index (Phi) is 3.01. The number of hydrogen-bond donors (Lipinski definition) is 0. The van der Waals surface area contributed by atoms with E-state index in [0.29, 0.717) is 5.69 Å². The van der Waals surface area contributed by atoms with E-state index < -0.39 is 5.82 Å². The monoisotopic (exact) mass is 227 g/mol. The molecule has 0 saturated carbocycles. The third-order valence-electron chi connectivity index (χ3n) is 2.49. The molecular formula is C13H10FN3. The van der Waals surface area contributed by atoms with Crippen molar-refractivity contribution in [3.8, 4) is 6.07 Å². The fraction of sp³-hybridized carbons (Fsp3) is 0.0769. The molecule has 17 heavy (non-hydrogen) atoms. The molecule has 84 valence electrons. The summed E-state index contributed by atoms with van der Waals surface area (Å²) in [6.07, 6.45) is 3.37. The Bertz CT molecular complexity index is 561. The summed E-state index contributed by atoms with van der Waals surface area (Å²) in [6, 6.07) is 10.00. The van der Waals surface area contributed by atoms with Gasteiger partial charge in [-0.15, -0.1) is 0 Å². The molecule has 2 rings (SSSR count). The van der Waals surface area contributed by atoms with Gasteiger partial charge >= 0.3 is 0 Å². The lowest BCUT2D eigenvalue weighted by atomic mass is 10.2. The normalized spacial score (nSPS) is 9.71. The molecule has 1 aromatic carbocycles. The maximum absolute atomic E-state index is 13.5. The van der Waals surface area contributed by atoms with Crippen molar-refractivity contribution in [3.63, 3.8) is 0 Å². The van der Waals surface area contributed by atoms with E-state index in [9.17, 15) is 4.39 Å². The fourth-order valence-electron chi connectivity index (χ4n) is 1.50. The molecule has 0 aliphatic heterocycles. The van der Waals surface area contributed by atoms with Crippen LogP contribution in [0.3, 0.4) is 0 Å². The second-order valence-electron chi connectivity index (χ2n) is 3.55. The molecule has 0 bridgehead atoms. The molecular weight excluding hydrogens is 217 g/mol. The Morgan fingerprint density at radius 3 is 2.71 bits per heavy atom. The zero-order valence-electron chi connectivity index (χ0n) is 9.26. The molecule has 1 heterocycles. The SMILES string of the molecule is CN(c1cccnc1)c1ccc(C#N)c(F)c1. The highest BCUT2D eigenvalue weighted by molar-refractivity contribution is 5.62. The molecule has 0 atom stereocenters. The van der Waals surface area contributed by atoms with Gasteiger partial charge in [-0.2, -0.15) is 5.26 Å². The van der Waals surface area contributed by atoms with Crippen LogP contribution in [-0.4, -0.2) is 12.0 Å². The van der Waals surface area contributed by atoms with E-state index in [-0.39, 0.29) is 5.56 Å². The maximum atomic E-state index is 13.5. The highest BCUT2D eigenvalue weighted by atomic mass is 19.1. The summed E-state index contributed by atoms with van der Waals surface area (Å²) in [4.78, 5) is 5.80. The van der Waals surface area contributed by atoms with Crippen LogP contribution in [0.2, 0.25) is 0 Å². The molecule has 0 fully saturated rings. The third kappa shape index (κ3) is 2.23. The lowest BCUT2D eigenvalue weighted by Gasteiger charge is -2.18. The molecule has 4 heteroatoms. The van der Waals surface area contributed by atoms with Gasteiger partial charge < -0.3 is 4.90 Å². The zero-order chi connectivity index (χ0) is 12.3. The van der Waals surface area contributed by atoms with Gasteiger partial charge in [-0.3, -0.25) is 4.98 Å². The van der Waals surface area contributed by atoms with Crippen LogP contribution in [0.15, 0.2) is 42.7 Å². The van der Waals surface area contributed by atoms with Gasteiger partial charge in [0.25, 0.3) is 0 Å². The first-order valence-electron chi connectivity index (χ1n) is 5.06. The molecule has 0 spiro atoms. The summed E-state index contributed by atoms with van der Waals surface area (Å²) in [6.45, 7) is 0. The van der Waals surface area contributed by atoms with Crippen molar-refractivity contribution in [2.75, 3.05) is 11.9 Å². The van der Waals surface area contributed by atoms with Gasteiger partial charge in [-0.05, 0) is 30.3 Å². The number of benzene rings is 1. The van der Waals surface area contributed by atoms with Crippen LogP contribution in [0, 0.1) is 17.1 Å². The van der Waals surface area contributed by atoms with Crippen molar-refractivity contribution in [1.82, 2.24) is 4.98 Å². The Morgan fingerprint density at radius 2 is 2.12 bits per heavy atom. The lowest BCUT2D eigenvalue weighted by molar-refractivity contribution is 0.624. The molecule has 0 saturated heterocycles.